The lowest BCUT2D eigenvalue weighted by Gasteiger charge is -2.16. The maximum Gasteiger partial charge on any atom is 0.240 e. The van der Waals surface area contributed by atoms with Crippen LogP contribution in [-0.4, -0.2) is 26.5 Å². The zero-order valence-electron chi connectivity index (χ0n) is 13.1. The number of sulfonamides is 1. The predicted octanol–water partition coefficient (Wildman–Crippen LogP) is 4.16. The van der Waals surface area contributed by atoms with Crippen LogP contribution in [0.25, 0.3) is 0 Å². The van der Waals surface area contributed by atoms with Crippen molar-refractivity contribution in [1.29, 1.82) is 0 Å². The van der Waals surface area contributed by atoms with Gasteiger partial charge in [0.05, 0.1) is 4.90 Å². The fourth-order valence-electron chi connectivity index (χ4n) is 2.14. The Labute approximate surface area is 142 Å². The van der Waals surface area contributed by atoms with E-state index in [0.29, 0.717) is 11.4 Å². The van der Waals surface area contributed by atoms with Crippen LogP contribution in [0.5, 0.6) is 0 Å². The summed E-state index contributed by atoms with van der Waals surface area (Å²) in [5.41, 5.74) is 2.45. The number of thioether (sulfide) groups is 2. The highest BCUT2D eigenvalue weighted by Crippen LogP contribution is 2.37. The first-order chi connectivity index (χ1) is 10.5. The molecule has 0 bridgehead atoms. The molecule has 1 N–H and O–H groups in total. The molecule has 0 unspecified atom stereocenters. The van der Waals surface area contributed by atoms with Gasteiger partial charge >= 0.3 is 0 Å². The van der Waals surface area contributed by atoms with Crippen LogP contribution in [0.4, 0.5) is 0 Å². The molecule has 0 saturated carbocycles. The second kappa shape index (κ2) is 8.43. The van der Waals surface area contributed by atoms with Gasteiger partial charge < -0.3 is 0 Å². The molecule has 6 heteroatoms. The number of rotatable bonds is 6. The fraction of sp³-hybridized carbons (Fsp3) is 0.500. The van der Waals surface area contributed by atoms with Crippen molar-refractivity contribution in [2.24, 2.45) is 0 Å². The average molecular weight is 358 g/mol. The number of hydrogen-bond acceptors (Lipinski definition) is 4. The number of hydrogen-bond donors (Lipinski definition) is 1. The third-order valence-corrected chi connectivity index (χ3v) is 7.85. The van der Waals surface area contributed by atoms with Crippen molar-refractivity contribution in [2.75, 3.05) is 18.1 Å². The second-order valence-corrected chi connectivity index (χ2v) is 9.67. The molecule has 1 aromatic carbocycles. The minimum atomic E-state index is -3.38. The lowest BCUT2D eigenvalue weighted by molar-refractivity contribution is 0.579. The molecule has 1 saturated heterocycles. The summed E-state index contributed by atoms with van der Waals surface area (Å²) in [6.45, 7) is 4.59. The number of benzene rings is 1. The van der Waals surface area contributed by atoms with Crippen molar-refractivity contribution in [3.63, 3.8) is 0 Å². The Kier molecular flexibility index (Phi) is 6.87. The van der Waals surface area contributed by atoms with Crippen molar-refractivity contribution in [1.82, 2.24) is 4.72 Å². The molecule has 122 valence electrons. The lowest BCUT2D eigenvalue weighted by Crippen LogP contribution is -2.24. The van der Waals surface area contributed by atoms with Crippen LogP contribution in [-0.2, 0) is 10.0 Å². The molecule has 2 rings (SSSR count). The molecule has 1 aliphatic rings. The van der Waals surface area contributed by atoms with E-state index < -0.39 is 10.0 Å². The van der Waals surface area contributed by atoms with E-state index in [4.69, 9.17) is 0 Å². The first kappa shape index (κ1) is 17.9. The SMILES string of the molecule is CC(CCCNS(=O)(=O)c1ccc(C)cc1)=C1SCCCS1. The van der Waals surface area contributed by atoms with Crippen LogP contribution in [0.3, 0.4) is 0 Å². The summed E-state index contributed by atoms with van der Waals surface area (Å²) in [6.07, 6.45) is 3.07. The normalized spacial score (nSPS) is 15.8. The first-order valence-corrected chi connectivity index (χ1v) is 11.0. The van der Waals surface area contributed by atoms with Crippen molar-refractivity contribution in [2.45, 2.75) is 38.0 Å². The minimum Gasteiger partial charge on any atom is -0.211 e. The van der Waals surface area contributed by atoms with Crippen LogP contribution < -0.4 is 4.72 Å². The van der Waals surface area contributed by atoms with Gasteiger partial charge in [-0.1, -0.05) is 23.3 Å². The summed E-state index contributed by atoms with van der Waals surface area (Å²) < 4.78 is 28.4. The molecule has 1 aliphatic heterocycles. The maximum absolute atomic E-state index is 12.2. The highest BCUT2D eigenvalue weighted by atomic mass is 32.2. The number of nitrogens with one attached hydrogen (secondary N) is 1. The molecule has 0 aliphatic carbocycles. The monoisotopic (exact) mass is 357 g/mol. The zero-order valence-corrected chi connectivity index (χ0v) is 15.5. The second-order valence-electron chi connectivity index (χ2n) is 5.43. The van der Waals surface area contributed by atoms with E-state index >= 15 is 0 Å². The minimum absolute atomic E-state index is 0.339. The Hall–Kier alpha value is -0.430. The van der Waals surface area contributed by atoms with Crippen LogP contribution in [0.2, 0.25) is 0 Å². The van der Waals surface area contributed by atoms with Crippen LogP contribution in [0.15, 0.2) is 39.0 Å². The Morgan fingerprint density at radius 2 is 1.82 bits per heavy atom. The molecule has 1 heterocycles. The van der Waals surface area contributed by atoms with E-state index in [1.54, 1.807) is 12.1 Å². The van der Waals surface area contributed by atoms with Gasteiger partial charge in [-0.2, -0.15) is 0 Å². The molecule has 0 amide bonds. The highest BCUT2D eigenvalue weighted by Gasteiger charge is 2.13. The molecule has 0 atom stereocenters. The number of aryl methyl sites for hydroxylation is 1. The van der Waals surface area contributed by atoms with E-state index in [0.717, 1.165) is 18.4 Å². The standard InChI is InChI=1S/C16H23NO2S3/c1-13-6-8-15(9-7-13)22(18,19)17-10-3-5-14(2)16-20-11-4-12-21-16/h6-9,17H,3-5,10-12H2,1-2H3. The van der Waals surface area contributed by atoms with Gasteiger partial charge in [0.25, 0.3) is 0 Å². The van der Waals surface area contributed by atoms with Crippen LogP contribution >= 0.6 is 23.5 Å². The van der Waals surface area contributed by atoms with Crippen LogP contribution in [0, 0.1) is 6.92 Å². The Morgan fingerprint density at radius 3 is 2.45 bits per heavy atom. The van der Waals surface area contributed by atoms with Gasteiger partial charge in [0.2, 0.25) is 10.0 Å². The van der Waals surface area contributed by atoms with Crippen molar-refractivity contribution >= 4 is 33.5 Å². The van der Waals surface area contributed by atoms with E-state index in [9.17, 15) is 8.42 Å². The van der Waals surface area contributed by atoms with Gasteiger partial charge in [0.1, 0.15) is 0 Å². The molecule has 1 fully saturated rings. The molecule has 0 radical (unpaired) electrons. The molecular weight excluding hydrogens is 334 g/mol. The molecular formula is C16H23NO2S3. The van der Waals surface area contributed by atoms with Gasteiger partial charge in [-0.3, -0.25) is 0 Å². The molecule has 3 nitrogen and oxygen atoms in total. The topological polar surface area (TPSA) is 46.2 Å². The van der Waals surface area contributed by atoms with Crippen LogP contribution in [0.1, 0.15) is 31.7 Å². The summed E-state index contributed by atoms with van der Waals surface area (Å²) in [7, 11) is -3.38. The van der Waals surface area contributed by atoms with E-state index in [1.165, 1.54) is 27.7 Å². The maximum atomic E-state index is 12.2. The van der Waals surface area contributed by atoms with E-state index in [2.05, 4.69) is 11.6 Å². The largest absolute Gasteiger partial charge is 0.240 e. The highest BCUT2D eigenvalue weighted by molar-refractivity contribution is 8.22. The average Bonchev–Trinajstić information content (AvgIpc) is 2.52. The summed E-state index contributed by atoms with van der Waals surface area (Å²) in [4.78, 5) is 0.339. The fourth-order valence-corrected chi connectivity index (χ4v) is 5.87. The van der Waals surface area contributed by atoms with E-state index in [1.807, 2.05) is 42.6 Å². The first-order valence-electron chi connectivity index (χ1n) is 7.51. The Morgan fingerprint density at radius 1 is 1.18 bits per heavy atom. The van der Waals surface area contributed by atoms with Gasteiger partial charge in [-0.15, -0.1) is 23.5 Å². The quantitative estimate of drug-likeness (QED) is 0.777. The molecule has 0 spiro atoms. The molecule has 0 aromatic heterocycles. The lowest BCUT2D eigenvalue weighted by atomic mass is 10.2. The summed E-state index contributed by atoms with van der Waals surface area (Å²) in [5.74, 6) is 2.42. The summed E-state index contributed by atoms with van der Waals surface area (Å²) in [5, 5.41) is 0. The predicted molar refractivity (Wildman–Crippen MR) is 97.8 cm³/mol. The van der Waals surface area contributed by atoms with Gasteiger partial charge in [0, 0.05) is 10.8 Å². The van der Waals surface area contributed by atoms with Crippen molar-refractivity contribution in [3.05, 3.63) is 39.6 Å². The zero-order chi connectivity index (χ0) is 16.0. The summed E-state index contributed by atoms with van der Waals surface area (Å²) >= 11 is 3.87. The van der Waals surface area contributed by atoms with Crippen molar-refractivity contribution < 1.29 is 8.42 Å². The summed E-state index contributed by atoms with van der Waals surface area (Å²) in [6, 6.07) is 6.95. The Balaban J connectivity index is 1.81. The number of allylic oxidation sites excluding steroid dienone is 1. The third-order valence-electron chi connectivity index (χ3n) is 3.46. The molecule has 22 heavy (non-hydrogen) atoms. The molecule has 1 aromatic rings. The third kappa shape index (κ3) is 5.33. The van der Waals surface area contributed by atoms with Gasteiger partial charge in [-0.25, -0.2) is 13.1 Å². The Bertz CT molecular complexity index is 613. The van der Waals surface area contributed by atoms with Crippen molar-refractivity contribution in [3.8, 4) is 0 Å². The smallest absolute Gasteiger partial charge is 0.211 e. The van der Waals surface area contributed by atoms with Gasteiger partial charge in [0.15, 0.2) is 0 Å². The van der Waals surface area contributed by atoms with E-state index in [-0.39, 0.29) is 0 Å². The van der Waals surface area contributed by atoms with Gasteiger partial charge in [-0.05, 0) is 56.7 Å².